The summed E-state index contributed by atoms with van der Waals surface area (Å²) in [5.41, 5.74) is 0.246. The highest BCUT2D eigenvalue weighted by molar-refractivity contribution is 5.53. The van der Waals surface area contributed by atoms with E-state index in [1.165, 1.54) is 24.4 Å². The second-order valence-corrected chi connectivity index (χ2v) is 3.37. The average molecular weight is 242 g/mol. The molecule has 0 bridgehead atoms. The molecule has 18 heavy (non-hydrogen) atoms. The van der Waals surface area contributed by atoms with Crippen LogP contribution in [0.15, 0.2) is 42.6 Å². The van der Waals surface area contributed by atoms with Crippen LogP contribution in [0.4, 0.5) is 10.1 Å². The number of nitro benzene ring substituents is 1. The van der Waals surface area contributed by atoms with E-state index in [-0.39, 0.29) is 16.8 Å². The van der Waals surface area contributed by atoms with Crippen molar-refractivity contribution < 1.29 is 9.31 Å². The molecule has 0 aliphatic heterocycles. The summed E-state index contributed by atoms with van der Waals surface area (Å²) in [4.78, 5) is 13.7. The zero-order valence-electron chi connectivity index (χ0n) is 9.13. The zero-order chi connectivity index (χ0) is 13.0. The second-order valence-electron chi connectivity index (χ2n) is 3.37. The Morgan fingerprint density at radius 3 is 2.50 bits per heavy atom. The molecule has 5 heteroatoms. The van der Waals surface area contributed by atoms with Crippen molar-refractivity contribution in [2.45, 2.75) is 0 Å². The van der Waals surface area contributed by atoms with E-state index < -0.39 is 10.9 Å². The van der Waals surface area contributed by atoms with Gasteiger partial charge in [-0.1, -0.05) is 24.0 Å². The van der Waals surface area contributed by atoms with Crippen molar-refractivity contribution >= 4 is 5.69 Å². The Morgan fingerprint density at radius 1 is 1.11 bits per heavy atom. The molecular weight excluding hydrogens is 235 g/mol. The molecule has 1 aromatic carbocycles. The summed E-state index contributed by atoms with van der Waals surface area (Å²) in [6, 6.07) is 9.06. The number of hydrogen-bond donors (Lipinski definition) is 0. The summed E-state index contributed by atoms with van der Waals surface area (Å²) in [6.45, 7) is 0. The molecule has 88 valence electrons. The normalized spacial score (nSPS) is 9.39. The van der Waals surface area contributed by atoms with Crippen molar-refractivity contribution in [1.29, 1.82) is 0 Å². The van der Waals surface area contributed by atoms with Crippen LogP contribution in [0.25, 0.3) is 0 Å². The lowest BCUT2D eigenvalue weighted by Crippen LogP contribution is -1.92. The van der Waals surface area contributed by atoms with E-state index in [1.807, 2.05) is 0 Å². The zero-order valence-corrected chi connectivity index (χ0v) is 9.13. The van der Waals surface area contributed by atoms with E-state index in [1.54, 1.807) is 18.2 Å². The number of benzene rings is 1. The van der Waals surface area contributed by atoms with E-state index >= 15 is 0 Å². The van der Waals surface area contributed by atoms with Crippen LogP contribution in [0, 0.1) is 27.9 Å². The molecule has 2 rings (SSSR count). The molecule has 0 aliphatic carbocycles. The van der Waals surface area contributed by atoms with Crippen molar-refractivity contribution in [3.05, 3.63) is 69.8 Å². The van der Waals surface area contributed by atoms with Crippen LogP contribution < -0.4 is 0 Å². The number of hydrogen-bond acceptors (Lipinski definition) is 3. The first-order chi connectivity index (χ1) is 8.68. The standard InChI is InChI=1S/C13H7FN2O2/c14-13-11(5-3-9-15-13)8-7-10-4-1-2-6-12(10)16(17)18/h1-6,9H. The molecule has 0 saturated carbocycles. The molecule has 0 fully saturated rings. The number of aromatic nitrogens is 1. The number of para-hydroxylation sites is 1. The van der Waals surface area contributed by atoms with Crippen molar-refractivity contribution in [3.8, 4) is 11.8 Å². The number of nitrogens with zero attached hydrogens (tertiary/aromatic N) is 2. The molecule has 1 heterocycles. The molecule has 0 atom stereocenters. The highest BCUT2D eigenvalue weighted by Crippen LogP contribution is 2.16. The smallest absolute Gasteiger partial charge is 0.258 e. The van der Waals surface area contributed by atoms with Gasteiger partial charge in [-0.25, -0.2) is 4.98 Å². The molecule has 0 N–H and O–H groups in total. The lowest BCUT2D eigenvalue weighted by Gasteiger charge is -1.94. The number of nitro groups is 1. The minimum absolute atomic E-state index is 0.103. The first-order valence-electron chi connectivity index (χ1n) is 5.04. The quantitative estimate of drug-likeness (QED) is 0.334. The van der Waals surface area contributed by atoms with Gasteiger partial charge in [0.15, 0.2) is 0 Å². The van der Waals surface area contributed by atoms with Gasteiger partial charge in [-0.15, -0.1) is 0 Å². The fourth-order valence-electron chi connectivity index (χ4n) is 1.35. The number of pyridine rings is 1. The maximum absolute atomic E-state index is 13.2. The van der Waals surface area contributed by atoms with Gasteiger partial charge in [0.1, 0.15) is 5.56 Å². The summed E-state index contributed by atoms with van der Waals surface area (Å²) in [5.74, 6) is 4.42. The van der Waals surface area contributed by atoms with Gasteiger partial charge in [-0.2, -0.15) is 4.39 Å². The summed E-state index contributed by atoms with van der Waals surface area (Å²) in [5, 5.41) is 10.8. The van der Waals surface area contributed by atoms with Gasteiger partial charge in [-0.05, 0) is 18.2 Å². The summed E-state index contributed by atoms with van der Waals surface area (Å²) >= 11 is 0. The van der Waals surface area contributed by atoms with Crippen molar-refractivity contribution in [1.82, 2.24) is 4.98 Å². The van der Waals surface area contributed by atoms with Crippen LogP contribution in [0.1, 0.15) is 11.1 Å². The number of rotatable bonds is 1. The highest BCUT2D eigenvalue weighted by Gasteiger charge is 2.09. The molecule has 0 amide bonds. The van der Waals surface area contributed by atoms with Crippen LogP contribution >= 0.6 is 0 Å². The van der Waals surface area contributed by atoms with Crippen LogP contribution in [-0.4, -0.2) is 9.91 Å². The van der Waals surface area contributed by atoms with E-state index in [2.05, 4.69) is 16.8 Å². The average Bonchev–Trinajstić information content (AvgIpc) is 2.38. The summed E-state index contributed by atoms with van der Waals surface area (Å²) in [6.07, 6.45) is 1.31. The Hall–Kier alpha value is -2.74. The van der Waals surface area contributed by atoms with Crippen molar-refractivity contribution in [2.24, 2.45) is 0 Å². The summed E-state index contributed by atoms with van der Waals surface area (Å²) < 4.78 is 13.2. The van der Waals surface area contributed by atoms with Gasteiger partial charge in [0.25, 0.3) is 5.69 Å². The fourth-order valence-corrected chi connectivity index (χ4v) is 1.35. The largest absolute Gasteiger partial charge is 0.284 e. The molecule has 0 saturated heterocycles. The second kappa shape index (κ2) is 5.06. The maximum Gasteiger partial charge on any atom is 0.284 e. The van der Waals surface area contributed by atoms with Gasteiger partial charge in [0.2, 0.25) is 5.95 Å². The van der Waals surface area contributed by atoms with Crippen LogP contribution in [0.2, 0.25) is 0 Å². The minimum atomic E-state index is -0.691. The fraction of sp³-hybridized carbons (Fsp3) is 0. The SMILES string of the molecule is O=[N+]([O-])c1ccccc1C#Cc1cccnc1F. The van der Waals surface area contributed by atoms with E-state index in [0.717, 1.165) is 0 Å². The van der Waals surface area contributed by atoms with E-state index in [0.29, 0.717) is 0 Å². The molecular formula is C13H7FN2O2. The monoisotopic (exact) mass is 242 g/mol. The van der Waals surface area contributed by atoms with Crippen LogP contribution in [0.3, 0.4) is 0 Å². The van der Waals surface area contributed by atoms with Gasteiger partial charge in [-0.3, -0.25) is 10.1 Å². The highest BCUT2D eigenvalue weighted by atomic mass is 19.1. The third-order valence-electron chi connectivity index (χ3n) is 2.19. The van der Waals surface area contributed by atoms with Crippen LogP contribution in [-0.2, 0) is 0 Å². The third kappa shape index (κ3) is 2.50. The van der Waals surface area contributed by atoms with Gasteiger partial charge in [0.05, 0.1) is 10.5 Å². The molecule has 0 radical (unpaired) electrons. The predicted octanol–water partition coefficient (Wildman–Crippen LogP) is 2.53. The van der Waals surface area contributed by atoms with E-state index in [4.69, 9.17) is 0 Å². The third-order valence-corrected chi connectivity index (χ3v) is 2.19. The Bertz CT molecular complexity index is 659. The van der Waals surface area contributed by atoms with Crippen molar-refractivity contribution in [2.75, 3.05) is 0 Å². The van der Waals surface area contributed by atoms with Gasteiger partial charge >= 0.3 is 0 Å². The molecule has 2 aromatic rings. The predicted molar refractivity (Wildman–Crippen MR) is 63.3 cm³/mol. The Morgan fingerprint density at radius 2 is 1.78 bits per heavy atom. The van der Waals surface area contributed by atoms with Crippen molar-refractivity contribution in [3.63, 3.8) is 0 Å². The first kappa shape index (κ1) is 11.7. The van der Waals surface area contributed by atoms with E-state index in [9.17, 15) is 14.5 Å². The Balaban J connectivity index is 2.42. The molecule has 0 spiro atoms. The van der Waals surface area contributed by atoms with Gasteiger partial charge in [0, 0.05) is 12.3 Å². The Kier molecular flexibility index (Phi) is 3.30. The molecule has 0 aliphatic rings. The van der Waals surface area contributed by atoms with Gasteiger partial charge < -0.3 is 0 Å². The van der Waals surface area contributed by atoms with Crippen LogP contribution in [0.5, 0.6) is 0 Å². The molecule has 1 aromatic heterocycles. The summed E-state index contributed by atoms with van der Waals surface area (Å²) in [7, 11) is 0. The first-order valence-corrected chi connectivity index (χ1v) is 5.04. The lowest BCUT2D eigenvalue weighted by atomic mass is 10.1. The maximum atomic E-state index is 13.2. The topological polar surface area (TPSA) is 56.0 Å². The minimum Gasteiger partial charge on any atom is -0.258 e. The number of halogens is 1. The Labute approximate surface area is 102 Å². The molecule has 0 unspecified atom stereocenters. The lowest BCUT2D eigenvalue weighted by molar-refractivity contribution is -0.385. The molecule has 4 nitrogen and oxygen atoms in total.